The molecule has 2 N–H and O–H groups in total. The minimum Gasteiger partial charge on any atom is -0.326 e. The number of aryl methyl sites for hydroxylation is 1. The van der Waals surface area contributed by atoms with Crippen molar-refractivity contribution >= 4 is 0 Å². The Morgan fingerprint density at radius 3 is 3.00 bits per heavy atom. The van der Waals surface area contributed by atoms with E-state index in [-0.39, 0.29) is 6.04 Å². The van der Waals surface area contributed by atoms with Crippen molar-refractivity contribution in [1.29, 1.82) is 0 Å². The molecule has 0 amide bonds. The first-order valence-corrected chi connectivity index (χ1v) is 6.61. The molecule has 1 aromatic heterocycles. The maximum Gasteiger partial charge on any atom is 0.134 e. The van der Waals surface area contributed by atoms with Gasteiger partial charge in [-0.3, -0.25) is 0 Å². The van der Waals surface area contributed by atoms with Gasteiger partial charge in [-0.05, 0) is 32.9 Å². The molecule has 2 aliphatic rings. The van der Waals surface area contributed by atoms with E-state index in [4.69, 9.17) is 5.73 Å². The van der Waals surface area contributed by atoms with E-state index >= 15 is 0 Å². The fraction of sp³-hybridized carbons (Fsp3) is 0.833. The number of likely N-dealkylation sites (N-methyl/N-ethyl adjacent to an activating group) is 1. The van der Waals surface area contributed by atoms with E-state index in [2.05, 4.69) is 26.7 Å². The smallest absolute Gasteiger partial charge is 0.134 e. The molecule has 1 saturated heterocycles. The molecule has 0 aliphatic carbocycles. The van der Waals surface area contributed by atoms with E-state index in [0.717, 1.165) is 37.5 Å². The molecule has 2 unspecified atom stereocenters. The van der Waals surface area contributed by atoms with Crippen LogP contribution in [0.25, 0.3) is 0 Å². The standard InChI is InChI=1S/C12H21N5/c1-16-6-2-3-10(16)7-12-15-14-11-5-4-9(13)8-17(11)12/h9-10H,2-8,13H2,1H3. The van der Waals surface area contributed by atoms with Crippen molar-refractivity contribution in [2.75, 3.05) is 13.6 Å². The van der Waals surface area contributed by atoms with Gasteiger partial charge in [0.2, 0.25) is 0 Å². The first-order valence-electron chi connectivity index (χ1n) is 6.61. The van der Waals surface area contributed by atoms with E-state index in [1.807, 2.05) is 0 Å². The maximum atomic E-state index is 6.03. The van der Waals surface area contributed by atoms with Crippen LogP contribution in [0.1, 0.15) is 30.9 Å². The molecule has 5 nitrogen and oxygen atoms in total. The number of nitrogens with zero attached hydrogens (tertiary/aromatic N) is 4. The molecule has 0 bridgehead atoms. The first-order chi connectivity index (χ1) is 8.24. The van der Waals surface area contributed by atoms with Crippen LogP contribution in [-0.4, -0.2) is 45.3 Å². The van der Waals surface area contributed by atoms with Gasteiger partial charge in [0.05, 0.1) is 0 Å². The monoisotopic (exact) mass is 235 g/mol. The molecule has 1 aromatic rings. The summed E-state index contributed by atoms with van der Waals surface area (Å²) in [6, 6.07) is 0.917. The lowest BCUT2D eigenvalue weighted by molar-refractivity contribution is 0.301. The zero-order valence-electron chi connectivity index (χ0n) is 10.5. The van der Waals surface area contributed by atoms with Crippen LogP contribution in [0, 0.1) is 0 Å². The second-order valence-electron chi connectivity index (χ2n) is 5.42. The zero-order valence-corrected chi connectivity index (χ0v) is 10.5. The van der Waals surface area contributed by atoms with Gasteiger partial charge in [0.15, 0.2) is 0 Å². The largest absolute Gasteiger partial charge is 0.326 e. The molecule has 1 fully saturated rings. The Morgan fingerprint density at radius 2 is 2.24 bits per heavy atom. The van der Waals surface area contributed by atoms with Gasteiger partial charge in [-0.1, -0.05) is 0 Å². The summed E-state index contributed by atoms with van der Waals surface area (Å²) in [5, 5.41) is 8.66. The van der Waals surface area contributed by atoms with Gasteiger partial charge in [-0.15, -0.1) is 10.2 Å². The third-order valence-corrected chi connectivity index (χ3v) is 4.15. The van der Waals surface area contributed by atoms with Crippen LogP contribution in [-0.2, 0) is 19.4 Å². The molecular formula is C12H21N5. The van der Waals surface area contributed by atoms with E-state index in [9.17, 15) is 0 Å². The zero-order chi connectivity index (χ0) is 11.8. The highest BCUT2D eigenvalue weighted by atomic mass is 15.3. The maximum absolute atomic E-state index is 6.03. The Hall–Kier alpha value is -0.940. The van der Waals surface area contributed by atoms with Crippen molar-refractivity contribution in [3.8, 4) is 0 Å². The number of fused-ring (bicyclic) bond motifs is 1. The van der Waals surface area contributed by atoms with Crippen LogP contribution < -0.4 is 5.73 Å². The number of hydrogen-bond donors (Lipinski definition) is 1. The molecule has 3 heterocycles. The highest BCUT2D eigenvalue weighted by Gasteiger charge is 2.26. The number of hydrogen-bond acceptors (Lipinski definition) is 4. The molecule has 0 radical (unpaired) electrons. The predicted molar refractivity (Wildman–Crippen MR) is 65.7 cm³/mol. The molecule has 5 heteroatoms. The topological polar surface area (TPSA) is 60.0 Å². The highest BCUT2D eigenvalue weighted by Crippen LogP contribution is 2.21. The van der Waals surface area contributed by atoms with E-state index in [0.29, 0.717) is 6.04 Å². The third-order valence-electron chi connectivity index (χ3n) is 4.15. The summed E-state index contributed by atoms with van der Waals surface area (Å²) in [4.78, 5) is 2.43. The average molecular weight is 235 g/mol. The molecule has 2 atom stereocenters. The lowest BCUT2D eigenvalue weighted by Gasteiger charge is -2.23. The fourth-order valence-corrected chi connectivity index (χ4v) is 3.01. The lowest BCUT2D eigenvalue weighted by Crippen LogP contribution is -2.34. The Bertz CT molecular complexity index is 400. The minimum absolute atomic E-state index is 0.276. The van der Waals surface area contributed by atoms with E-state index in [1.54, 1.807) is 0 Å². The number of nitrogens with two attached hydrogens (primary N) is 1. The summed E-state index contributed by atoms with van der Waals surface area (Å²) in [6.45, 7) is 2.11. The summed E-state index contributed by atoms with van der Waals surface area (Å²) in [6.07, 6.45) is 5.64. The van der Waals surface area contributed by atoms with Gasteiger partial charge in [-0.2, -0.15) is 0 Å². The van der Waals surface area contributed by atoms with E-state index in [1.165, 1.54) is 19.4 Å². The van der Waals surface area contributed by atoms with Crippen LogP contribution >= 0.6 is 0 Å². The normalized spacial score (nSPS) is 29.5. The van der Waals surface area contributed by atoms with Gasteiger partial charge in [-0.25, -0.2) is 0 Å². The van der Waals surface area contributed by atoms with Gasteiger partial charge in [0, 0.05) is 31.5 Å². The van der Waals surface area contributed by atoms with Gasteiger partial charge < -0.3 is 15.2 Å². The van der Waals surface area contributed by atoms with Crippen LogP contribution in [0.5, 0.6) is 0 Å². The molecule has 0 spiro atoms. The fourth-order valence-electron chi connectivity index (χ4n) is 3.01. The summed E-state index contributed by atoms with van der Waals surface area (Å²) in [5.74, 6) is 2.26. The molecule has 17 heavy (non-hydrogen) atoms. The molecule has 0 aromatic carbocycles. The summed E-state index contributed by atoms with van der Waals surface area (Å²) >= 11 is 0. The second-order valence-corrected chi connectivity index (χ2v) is 5.42. The van der Waals surface area contributed by atoms with Crippen molar-refractivity contribution in [1.82, 2.24) is 19.7 Å². The average Bonchev–Trinajstić information content (AvgIpc) is 2.88. The Morgan fingerprint density at radius 1 is 1.35 bits per heavy atom. The van der Waals surface area contributed by atoms with Crippen molar-refractivity contribution in [2.45, 2.75) is 50.7 Å². The predicted octanol–water partition coefficient (Wildman–Crippen LogP) is 0.188. The van der Waals surface area contributed by atoms with Crippen molar-refractivity contribution in [2.24, 2.45) is 5.73 Å². The molecule has 0 saturated carbocycles. The lowest BCUT2D eigenvalue weighted by atomic mass is 10.1. The van der Waals surface area contributed by atoms with Crippen LogP contribution in [0.4, 0.5) is 0 Å². The Kier molecular flexibility index (Phi) is 2.88. The third kappa shape index (κ3) is 2.09. The number of aromatic nitrogens is 3. The van der Waals surface area contributed by atoms with Crippen LogP contribution in [0.15, 0.2) is 0 Å². The van der Waals surface area contributed by atoms with Gasteiger partial charge in [0.25, 0.3) is 0 Å². The van der Waals surface area contributed by atoms with Gasteiger partial charge >= 0.3 is 0 Å². The van der Waals surface area contributed by atoms with Crippen molar-refractivity contribution in [3.63, 3.8) is 0 Å². The highest BCUT2D eigenvalue weighted by molar-refractivity contribution is 5.03. The summed E-state index contributed by atoms with van der Waals surface area (Å²) in [7, 11) is 2.21. The molecule has 2 aliphatic heterocycles. The quantitative estimate of drug-likeness (QED) is 0.795. The molecule has 94 valence electrons. The SMILES string of the molecule is CN1CCCC1Cc1nnc2n1CC(N)CC2. The first kappa shape index (κ1) is 11.2. The van der Waals surface area contributed by atoms with Crippen molar-refractivity contribution in [3.05, 3.63) is 11.6 Å². The Balaban J connectivity index is 1.77. The van der Waals surface area contributed by atoms with Crippen molar-refractivity contribution < 1.29 is 0 Å². The summed E-state index contributed by atoms with van der Waals surface area (Å²) < 4.78 is 2.25. The number of rotatable bonds is 2. The Labute approximate surface area is 102 Å². The van der Waals surface area contributed by atoms with Crippen LogP contribution in [0.2, 0.25) is 0 Å². The second kappa shape index (κ2) is 4.38. The van der Waals surface area contributed by atoms with Gasteiger partial charge in [0.1, 0.15) is 11.6 Å². The van der Waals surface area contributed by atoms with Crippen LogP contribution in [0.3, 0.4) is 0 Å². The molecular weight excluding hydrogens is 214 g/mol. The minimum atomic E-state index is 0.276. The summed E-state index contributed by atoms with van der Waals surface area (Å²) in [5.41, 5.74) is 6.03. The molecule has 3 rings (SSSR count). The number of likely N-dealkylation sites (tertiary alicyclic amines) is 1. The van der Waals surface area contributed by atoms with E-state index < -0.39 is 0 Å².